The molecule has 0 N–H and O–H groups in total. The maximum atomic E-state index is 4.89. The number of fused-ring (bicyclic) bond motifs is 1. The fourth-order valence-electron chi connectivity index (χ4n) is 3.41. The summed E-state index contributed by atoms with van der Waals surface area (Å²) in [6, 6.07) is 15.0. The molecule has 0 fully saturated rings. The standard InChI is InChI=1S/C20H22N4S.ClH/c1-14-13-18(24-11-9-16-10-12-25-19(16)15(24)2)22-20(21-14)23(3)17-7-5-4-6-8-17;/h4-8,10,12-13,15H,9,11H2,1-3H3;1H. The summed E-state index contributed by atoms with van der Waals surface area (Å²) in [6.07, 6.45) is 1.08. The molecular weight excluding hydrogens is 364 g/mol. The van der Waals surface area contributed by atoms with Crippen LogP contribution in [0.5, 0.6) is 0 Å². The third kappa shape index (κ3) is 3.41. The van der Waals surface area contributed by atoms with E-state index in [4.69, 9.17) is 4.98 Å². The number of rotatable bonds is 3. The first-order valence-corrected chi connectivity index (χ1v) is 9.49. The van der Waals surface area contributed by atoms with Crippen LogP contribution < -0.4 is 9.80 Å². The second-order valence-electron chi connectivity index (χ2n) is 6.49. The lowest BCUT2D eigenvalue weighted by molar-refractivity contribution is 0.628. The van der Waals surface area contributed by atoms with Gasteiger partial charge in [0, 0.05) is 35.9 Å². The molecular formula is C20H23ClN4S. The highest BCUT2D eigenvalue weighted by Crippen LogP contribution is 2.36. The Morgan fingerprint density at radius 3 is 2.69 bits per heavy atom. The second kappa shape index (κ2) is 7.64. The zero-order valence-corrected chi connectivity index (χ0v) is 16.8. The monoisotopic (exact) mass is 386 g/mol. The first kappa shape index (κ1) is 18.7. The molecule has 3 aromatic rings. The molecule has 6 heteroatoms. The summed E-state index contributed by atoms with van der Waals surface area (Å²) in [5.41, 5.74) is 3.57. The molecule has 1 aliphatic heterocycles. The summed E-state index contributed by atoms with van der Waals surface area (Å²) in [5.74, 6) is 1.75. The van der Waals surface area contributed by atoms with Gasteiger partial charge in [-0.25, -0.2) is 4.98 Å². The van der Waals surface area contributed by atoms with Crippen LogP contribution in [-0.4, -0.2) is 23.6 Å². The fraction of sp³-hybridized carbons (Fsp3) is 0.300. The molecule has 136 valence electrons. The number of anilines is 3. The average Bonchev–Trinajstić information content (AvgIpc) is 3.11. The number of hydrogen-bond acceptors (Lipinski definition) is 5. The van der Waals surface area contributed by atoms with Crippen LogP contribution in [0.15, 0.2) is 47.8 Å². The van der Waals surface area contributed by atoms with Gasteiger partial charge in [-0.3, -0.25) is 0 Å². The fourth-order valence-corrected chi connectivity index (χ4v) is 4.43. The maximum Gasteiger partial charge on any atom is 0.231 e. The summed E-state index contributed by atoms with van der Waals surface area (Å²) in [6.45, 7) is 5.31. The summed E-state index contributed by atoms with van der Waals surface area (Å²) in [4.78, 5) is 15.4. The van der Waals surface area contributed by atoms with E-state index in [1.54, 1.807) is 0 Å². The molecule has 1 atom stereocenters. The smallest absolute Gasteiger partial charge is 0.231 e. The lowest BCUT2D eigenvalue weighted by Crippen LogP contribution is -2.34. The Kier molecular flexibility index (Phi) is 5.49. The van der Waals surface area contributed by atoms with E-state index < -0.39 is 0 Å². The van der Waals surface area contributed by atoms with Crippen molar-refractivity contribution in [3.05, 3.63) is 64.0 Å². The molecule has 1 unspecified atom stereocenters. The van der Waals surface area contributed by atoms with Gasteiger partial charge >= 0.3 is 0 Å². The number of thiophene rings is 1. The van der Waals surface area contributed by atoms with Crippen molar-refractivity contribution in [2.75, 3.05) is 23.4 Å². The minimum Gasteiger partial charge on any atom is -0.349 e. The topological polar surface area (TPSA) is 32.3 Å². The molecule has 1 aromatic carbocycles. The zero-order chi connectivity index (χ0) is 17.4. The van der Waals surface area contributed by atoms with Gasteiger partial charge in [-0.15, -0.1) is 23.7 Å². The van der Waals surface area contributed by atoms with Gasteiger partial charge in [0.2, 0.25) is 5.95 Å². The Hall–Kier alpha value is -2.11. The second-order valence-corrected chi connectivity index (χ2v) is 7.44. The van der Waals surface area contributed by atoms with E-state index in [0.29, 0.717) is 6.04 Å². The molecule has 0 saturated carbocycles. The van der Waals surface area contributed by atoms with Gasteiger partial charge in [-0.05, 0) is 49.4 Å². The molecule has 2 aromatic heterocycles. The summed E-state index contributed by atoms with van der Waals surface area (Å²) >= 11 is 1.85. The van der Waals surface area contributed by atoms with Gasteiger partial charge in [0.15, 0.2) is 0 Å². The summed E-state index contributed by atoms with van der Waals surface area (Å²) < 4.78 is 0. The molecule has 0 spiro atoms. The van der Waals surface area contributed by atoms with Crippen molar-refractivity contribution in [3.8, 4) is 0 Å². The quantitative estimate of drug-likeness (QED) is 0.622. The van der Waals surface area contributed by atoms with Gasteiger partial charge < -0.3 is 9.80 Å². The Balaban J connectivity index is 0.00000196. The first-order chi connectivity index (χ1) is 12.1. The summed E-state index contributed by atoms with van der Waals surface area (Å²) in [7, 11) is 2.02. The van der Waals surface area contributed by atoms with Crippen LogP contribution in [0, 0.1) is 6.92 Å². The van der Waals surface area contributed by atoms with Crippen LogP contribution in [0.2, 0.25) is 0 Å². The SMILES string of the molecule is Cc1cc(N2CCc3ccsc3C2C)nc(N(C)c2ccccc2)n1.Cl. The van der Waals surface area contributed by atoms with Crippen LogP contribution in [0.1, 0.15) is 29.1 Å². The van der Waals surface area contributed by atoms with E-state index in [1.807, 2.05) is 48.4 Å². The van der Waals surface area contributed by atoms with Crippen molar-refractivity contribution in [1.82, 2.24) is 9.97 Å². The molecule has 1 aliphatic rings. The highest BCUT2D eigenvalue weighted by molar-refractivity contribution is 7.10. The van der Waals surface area contributed by atoms with Crippen LogP contribution in [0.3, 0.4) is 0 Å². The van der Waals surface area contributed by atoms with E-state index in [-0.39, 0.29) is 12.4 Å². The number of aryl methyl sites for hydroxylation is 1. The number of aromatic nitrogens is 2. The molecule has 4 nitrogen and oxygen atoms in total. The van der Waals surface area contributed by atoms with E-state index in [2.05, 4.69) is 46.5 Å². The average molecular weight is 387 g/mol. The first-order valence-electron chi connectivity index (χ1n) is 8.61. The third-order valence-electron chi connectivity index (χ3n) is 4.82. The van der Waals surface area contributed by atoms with Crippen molar-refractivity contribution in [1.29, 1.82) is 0 Å². The van der Waals surface area contributed by atoms with Crippen LogP contribution in [0.4, 0.5) is 17.5 Å². The number of para-hydroxylation sites is 1. The highest BCUT2D eigenvalue weighted by atomic mass is 35.5. The Morgan fingerprint density at radius 1 is 1.15 bits per heavy atom. The van der Waals surface area contributed by atoms with Crippen molar-refractivity contribution in [3.63, 3.8) is 0 Å². The highest BCUT2D eigenvalue weighted by Gasteiger charge is 2.26. The minimum absolute atomic E-state index is 0. The molecule has 0 aliphatic carbocycles. The molecule has 0 bridgehead atoms. The molecule has 0 saturated heterocycles. The lowest BCUT2D eigenvalue weighted by Gasteiger charge is -2.35. The van der Waals surface area contributed by atoms with E-state index >= 15 is 0 Å². The maximum absolute atomic E-state index is 4.89. The molecule has 3 heterocycles. The number of benzene rings is 1. The number of nitrogens with zero attached hydrogens (tertiary/aromatic N) is 4. The van der Waals surface area contributed by atoms with Crippen LogP contribution in [-0.2, 0) is 6.42 Å². The minimum atomic E-state index is 0. The lowest BCUT2D eigenvalue weighted by atomic mass is 10.0. The predicted octanol–water partition coefficient (Wildman–Crippen LogP) is 5.16. The van der Waals surface area contributed by atoms with Gasteiger partial charge in [0.25, 0.3) is 0 Å². The third-order valence-corrected chi connectivity index (χ3v) is 5.95. The Morgan fingerprint density at radius 2 is 1.92 bits per heavy atom. The van der Waals surface area contributed by atoms with Gasteiger partial charge in [-0.1, -0.05) is 18.2 Å². The van der Waals surface area contributed by atoms with E-state index in [1.165, 1.54) is 10.4 Å². The largest absolute Gasteiger partial charge is 0.349 e. The summed E-state index contributed by atoms with van der Waals surface area (Å²) in [5, 5.41) is 2.20. The molecule has 4 rings (SSSR count). The molecule has 0 radical (unpaired) electrons. The predicted molar refractivity (Wildman–Crippen MR) is 112 cm³/mol. The van der Waals surface area contributed by atoms with Crippen LogP contribution in [0.25, 0.3) is 0 Å². The van der Waals surface area contributed by atoms with Crippen molar-refractivity contribution < 1.29 is 0 Å². The van der Waals surface area contributed by atoms with Crippen LogP contribution >= 0.6 is 23.7 Å². The Bertz CT molecular complexity index is 881. The van der Waals surface area contributed by atoms with Gasteiger partial charge in [-0.2, -0.15) is 4.98 Å². The van der Waals surface area contributed by atoms with Gasteiger partial charge in [0.05, 0.1) is 6.04 Å². The van der Waals surface area contributed by atoms with E-state index in [0.717, 1.165) is 36.1 Å². The zero-order valence-electron chi connectivity index (χ0n) is 15.2. The molecule has 26 heavy (non-hydrogen) atoms. The van der Waals surface area contributed by atoms with Crippen molar-refractivity contribution in [2.24, 2.45) is 0 Å². The normalized spacial score (nSPS) is 16.0. The number of halogens is 1. The Labute approximate surface area is 164 Å². The number of hydrogen-bond donors (Lipinski definition) is 0. The van der Waals surface area contributed by atoms with Crippen molar-refractivity contribution >= 4 is 41.2 Å². The molecule has 0 amide bonds. The van der Waals surface area contributed by atoms with E-state index in [9.17, 15) is 0 Å². The van der Waals surface area contributed by atoms with Gasteiger partial charge in [0.1, 0.15) is 5.82 Å². The van der Waals surface area contributed by atoms with Crippen molar-refractivity contribution in [2.45, 2.75) is 26.3 Å².